The molecule has 5 saturated carbocycles. The minimum absolute atomic E-state index is 0.114. The highest BCUT2D eigenvalue weighted by molar-refractivity contribution is 5.21. The number of fused-ring (bicyclic) bond motifs is 7. The van der Waals surface area contributed by atoms with E-state index in [2.05, 4.69) is 55.4 Å². The topological polar surface area (TPSA) is 20.2 Å². The van der Waals surface area contributed by atoms with Gasteiger partial charge in [0.25, 0.3) is 0 Å². The zero-order valence-corrected chi connectivity index (χ0v) is 22.1. The fourth-order valence-corrected chi connectivity index (χ4v) is 12.0. The van der Waals surface area contributed by atoms with E-state index in [0.29, 0.717) is 27.6 Å². The van der Waals surface area contributed by atoms with Gasteiger partial charge in [-0.1, -0.05) is 68.2 Å². The molecule has 5 aliphatic carbocycles. The molecule has 0 aliphatic heterocycles. The van der Waals surface area contributed by atoms with Gasteiger partial charge in [0.05, 0.1) is 6.10 Å². The highest BCUT2D eigenvalue weighted by Gasteiger charge is 2.72. The van der Waals surface area contributed by atoms with Crippen molar-refractivity contribution in [1.29, 1.82) is 0 Å². The molecule has 0 radical (unpaired) electrons. The quantitative estimate of drug-likeness (QED) is 0.413. The first kappa shape index (κ1) is 22.7. The van der Waals surface area contributed by atoms with Crippen LogP contribution in [0.25, 0.3) is 0 Å². The van der Waals surface area contributed by atoms with Crippen molar-refractivity contribution in [3.05, 3.63) is 0 Å². The SMILES string of the molecule is C[C@H]1[C@H](C)CC[C@]2(C)CC[C@]3(C)[C@H]4[C@@H](O)C[C@@]5(C)[C@@H](CCC[C@@H]5C)[C@]4(C)CC[C@@]3(C)[C@H]12. The third-order valence-electron chi connectivity index (χ3n) is 14.0. The summed E-state index contributed by atoms with van der Waals surface area (Å²) in [6, 6.07) is 0. The molecule has 1 N–H and O–H groups in total. The fourth-order valence-electron chi connectivity index (χ4n) is 12.0. The van der Waals surface area contributed by atoms with Crippen LogP contribution in [0.3, 0.4) is 0 Å². The minimum atomic E-state index is -0.114. The maximum absolute atomic E-state index is 12.0. The van der Waals surface area contributed by atoms with Gasteiger partial charge in [0.15, 0.2) is 0 Å². The number of aliphatic hydroxyl groups excluding tert-OH is 1. The van der Waals surface area contributed by atoms with Crippen molar-refractivity contribution in [2.75, 3.05) is 0 Å². The Bertz CT molecular complexity index is 730. The molecule has 31 heavy (non-hydrogen) atoms. The van der Waals surface area contributed by atoms with Crippen molar-refractivity contribution in [2.24, 2.45) is 62.6 Å². The Kier molecular flexibility index (Phi) is 4.96. The van der Waals surface area contributed by atoms with Crippen molar-refractivity contribution in [3.63, 3.8) is 0 Å². The Balaban J connectivity index is 1.60. The molecule has 12 atom stereocenters. The molecule has 178 valence electrons. The van der Waals surface area contributed by atoms with E-state index in [4.69, 9.17) is 0 Å². The maximum atomic E-state index is 12.0. The summed E-state index contributed by atoms with van der Waals surface area (Å²) in [7, 11) is 0. The monoisotopic (exact) mass is 428 g/mol. The van der Waals surface area contributed by atoms with E-state index < -0.39 is 0 Å². The molecule has 0 spiro atoms. The number of aliphatic hydroxyl groups is 1. The largest absolute Gasteiger partial charge is 0.393 e. The van der Waals surface area contributed by atoms with E-state index in [1.807, 2.05) is 0 Å². The molecule has 0 aromatic carbocycles. The van der Waals surface area contributed by atoms with Gasteiger partial charge < -0.3 is 5.11 Å². The van der Waals surface area contributed by atoms with E-state index in [1.54, 1.807) is 0 Å². The number of hydrogen-bond donors (Lipinski definition) is 1. The van der Waals surface area contributed by atoms with Crippen molar-refractivity contribution in [2.45, 2.75) is 126 Å². The summed E-state index contributed by atoms with van der Waals surface area (Å²) in [6.45, 7) is 20.8. The van der Waals surface area contributed by atoms with Gasteiger partial charge >= 0.3 is 0 Å². The lowest BCUT2D eigenvalue weighted by Gasteiger charge is -2.76. The van der Waals surface area contributed by atoms with Gasteiger partial charge in [0, 0.05) is 0 Å². The molecule has 0 bridgehead atoms. The van der Waals surface area contributed by atoms with E-state index in [0.717, 1.165) is 36.0 Å². The molecule has 1 nitrogen and oxygen atoms in total. The van der Waals surface area contributed by atoms with Crippen LogP contribution in [0.15, 0.2) is 0 Å². The van der Waals surface area contributed by atoms with Crippen molar-refractivity contribution in [1.82, 2.24) is 0 Å². The number of rotatable bonds is 0. The molecule has 0 unspecified atom stereocenters. The highest BCUT2D eigenvalue weighted by Crippen LogP contribution is 2.78. The number of hydrogen-bond acceptors (Lipinski definition) is 1. The Hall–Kier alpha value is -0.0400. The molecule has 1 heteroatoms. The van der Waals surface area contributed by atoms with Crippen LogP contribution in [0.4, 0.5) is 0 Å². The minimum Gasteiger partial charge on any atom is -0.393 e. The Labute approximate surface area is 193 Å². The molecule has 0 saturated heterocycles. The lowest BCUT2D eigenvalue weighted by atomic mass is 9.29. The molecule has 0 aromatic rings. The maximum Gasteiger partial charge on any atom is 0.0584 e. The van der Waals surface area contributed by atoms with Gasteiger partial charge in [-0.05, 0) is 114 Å². The van der Waals surface area contributed by atoms with E-state index in [9.17, 15) is 5.11 Å². The zero-order chi connectivity index (χ0) is 22.6. The molecule has 5 aliphatic rings. The Morgan fingerprint density at radius 3 is 2.03 bits per heavy atom. The standard InChI is InChI=1S/C30H52O/c1-19-12-13-26(4)14-16-30(8)25-22(31)18-28(6)20(2)10-9-11-23(28)27(25,5)15-17-29(30,7)24(26)21(19)3/h19-25,31H,9-18H2,1-8H3/t19-,20+,21+,22+,23+,24-,25+,26-,27+,28-,29+,30-/m1/s1. The van der Waals surface area contributed by atoms with Crippen LogP contribution < -0.4 is 0 Å². The van der Waals surface area contributed by atoms with Crippen LogP contribution >= 0.6 is 0 Å². The third-order valence-corrected chi connectivity index (χ3v) is 14.0. The summed E-state index contributed by atoms with van der Waals surface area (Å²) in [5.41, 5.74) is 1.81. The van der Waals surface area contributed by atoms with Crippen LogP contribution in [-0.2, 0) is 0 Å². The van der Waals surface area contributed by atoms with Gasteiger partial charge in [0.2, 0.25) is 0 Å². The average Bonchev–Trinajstić information content (AvgIpc) is 2.68. The second-order valence-electron chi connectivity index (χ2n) is 15.0. The zero-order valence-electron chi connectivity index (χ0n) is 22.1. The van der Waals surface area contributed by atoms with E-state index in [-0.39, 0.29) is 11.5 Å². The first-order chi connectivity index (χ1) is 14.3. The summed E-state index contributed by atoms with van der Waals surface area (Å²) in [5.74, 6) is 4.52. The molecular formula is C30H52O. The van der Waals surface area contributed by atoms with E-state index >= 15 is 0 Å². The highest BCUT2D eigenvalue weighted by atomic mass is 16.3. The second-order valence-corrected chi connectivity index (χ2v) is 15.0. The van der Waals surface area contributed by atoms with Crippen molar-refractivity contribution in [3.8, 4) is 0 Å². The predicted octanol–water partition coefficient (Wildman–Crippen LogP) is 8.10. The lowest BCUT2D eigenvalue weighted by Crippen LogP contribution is -2.71. The van der Waals surface area contributed by atoms with Crippen LogP contribution in [0.5, 0.6) is 0 Å². The second kappa shape index (κ2) is 6.76. The van der Waals surface area contributed by atoms with Crippen LogP contribution in [0.2, 0.25) is 0 Å². The van der Waals surface area contributed by atoms with Gasteiger partial charge in [-0.25, -0.2) is 0 Å². The Morgan fingerprint density at radius 1 is 0.677 bits per heavy atom. The summed E-state index contributed by atoms with van der Waals surface area (Å²) >= 11 is 0. The van der Waals surface area contributed by atoms with Gasteiger partial charge in [0.1, 0.15) is 0 Å². The smallest absolute Gasteiger partial charge is 0.0584 e. The molecule has 5 rings (SSSR count). The molecular weight excluding hydrogens is 376 g/mol. The fraction of sp³-hybridized carbons (Fsp3) is 1.00. The normalized spacial score (nSPS) is 64.0. The van der Waals surface area contributed by atoms with Gasteiger partial charge in [-0.2, -0.15) is 0 Å². The average molecular weight is 429 g/mol. The van der Waals surface area contributed by atoms with Crippen LogP contribution in [-0.4, -0.2) is 11.2 Å². The van der Waals surface area contributed by atoms with Crippen LogP contribution in [0.1, 0.15) is 120 Å². The lowest BCUT2D eigenvalue weighted by molar-refractivity contribution is -0.288. The first-order valence-electron chi connectivity index (χ1n) is 14.0. The van der Waals surface area contributed by atoms with Gasteiger partial charge in [-0.3, -0.25) is 0 Å². The van der Waals surface area contributed by atoms with Crippen LogP contribution in [0, 0.1) is 62.6 Å². The third kappa shape index (κ3) is 2.65. The summed E-state index contributed by atoms with van der Waals surface area (Å²) < 4.78 is 0. The molecule has 0 amide bonds. The molecule has 0 heterocycles. The summed E-state index contributed by atoms with van der Waals surface area (Å²) in [4.78, 5) is 0. The summed E-state index contributed by atoms with van der Waals surface area (Å²) in [6.07, 6.45) is 13.4. The summed E-state index contributed by atoms with van der Waals surface area (Å²) in [5, 5.41) is 12.0. The Morgan fingerprint density at radius 2 is 1.32 bits per heavy atom. The predicted molar refractivity (Wildman–Crippen MR) is 131 cm³/mol. The van der Waals surface area contributed by atoms with Crippen molar-refractivity contribution < 1.29 is 5.11 Å². The van der Waals surface area contributed by atoms with E-state index in [1.165, 1.54) is 57.8 Å². The molecule has 0 aromatic heterocycles. The first-order valence-corrected chi connectivity index (χ1v) is 14.0. The van der Waals surface area contributed by atoms with Gasteiger partial charge in [-0.15, -0.1) is 0 Å². The van der Waals surface area contributed by atoms with Crippen molar-refractivity contribution >= 4 is 0 Å². The molecule has 5 fully saturated rings.